The summed E-state index contributed by atoms with van der Waals surface area (Å²) in [7, 11) is 0. The molecule has 0 radical (unpaired) electrons. The van der Waals surface area contributed by atoms with Crippen LogP contribution in [-0.2, 0) is 11.8 Å². The van der Waals surface area contributed by atoms with Crippen molar-refractivity contribution in [1.82, 2.24) is 20.1 Å². The van der Waals surface area contributed by atoms with Crippen LogP contribution in [0.1, 0.15) is 61.6 Å². The average molecular weight is 356 g/mol. The van der Waals surface area contributed by atoms with Gasteiger partial charge in [-0.15, -0.1) is 0 Å². The number of aryl methyl sites for hydroxylation is 1. The molecule has 0 aliphatic carbocycles. The molecule has 6 heteroatoms. The van der Waals surface area contributed by atoms with E-state index in [2.05, 4.69) is 74.0 Å². The minimum atomic E-state index is -0.115. The SMILES string of the molecule is Cc1[nH]c(SC(C)c2nc(C(C)(C)C)no2)nc1Cc1ccccc1. The second-order valence-corrected chi connectivity index (χ2v) is 8.57. The van der Waals surface area contributed by atoms with Crippen molar-refractivity contribution in [2.24, 2.45) is 0 Å². The van der Waals surface area contributed by atoms with Crippen molar-refractivity contribution >= 4 is 11.8 Å². The van der Waals surface area contributed by atoms with E-state index in [0.29, 0.717) is 5.89 Å². The van der Waals surface area contributed by atoms with Gasteiger partial charge in [-0.1, -0.05) is 68.0 Å². The van der Waals surface area contributed by atoms with Gasteiger partial charge in [-0.25, -0.2) is 4.98 Å². The van der Waals surface area contributed by atoms with Crippen LogP contribution < -0.4 is 0 Å². The number of rotatable bonds is 5. The van der Waals surface area contributed by atoms with Crippen LogP contribution in [0.2, 0.25) is 0 Å². The minimum Gasteiger partial charge on any atom is -0.338 e. The van der Waals surface area contributed by atoms with Crippen molar-refractivity contribution in [2.75, 3.05) is 0 Å². The van der Waals surface area contributed by atoms with Crippen LogP contribution in [0.5, 0.6) is 0 Å². The molecular formula is C19H24N4OS. The molecule has 1 atom stereocenters. The van der Waals surface area contributed by atoms with Crippen molar-refractivity contribution in [3.05, 3.63) is 59.0 Å². The lowest BCUT2D eigenvalue weighted by atomic mass is 9.96. The van der Waals surface area contributed by atoms with Gasteiger partial charge in [0.05, 0.1) is 10.9 Å². The summed E-state index contributed by atoms with van der Waals surface area (Å²) in [5, 5.41) is 5.02. The van der Waals surface area contributed by atoms with E-state index in [9.17, 15) is 0 Å². The molecule has 1 unspecified atom stereocenters. The highest BCUT2D eigenvalue weighted by molar-refractivity contribution is 7.99. The maximum Gasteiger partial charge on any atom is 0.239 e. The normalized spacial score (nSPS) is 13.2. The van der Waals surface area contributed by atoms with Gasteiger partial charge in [0.25, 0.3) is 0 Å². The Morgan fingerprint density at radius 3 is 2.52 bits per heavy atom. The number of aromatic nitrogens is 4. The fourth-order valence-electron chi connectivity index (χ4n) is 2.41. The van der Waals surface area contributed by atoms with Gasteiger partial charge >= 0.3 is 0 Å². The highest BCUT2D eigenvalue weighted by atomic mass is 32.2. The van der Waals surface area contributed by atoms with E-state index in [1.807, 2.05) is 6.07 Å². The number of aromatic amines is 1. The number of benzene rings is 1. The number of H-pyrrole nitrogens is 1. The Bertz CT molecular complexity index is 833. The molecule has 0 amide bonds. The van der Waals surface area contributed by atoms with Gasteiger partial charge in [-0.2, -0.15) is 4.98 Å². The van der Waals surface area contributed by atoms with E-state index >= 15 is 0 Å². The Balaban J connectivity index is 1.71. The second kappa shape index (κ2) is 7.04. The Hall–Kier alpha value is -2.08. The fraction of sp³-hybridized carbons (Fsp3) is 0.421. The van der Waals surface area contributed by atoms with Crippen LogP contribution in [0.3, 0.4) is 0 Å². The standard InChI is InChI=1S/C19H24N4OS/c1-12-15(11-14-9-7-6-8-10-14)21-18(20-12)25-13(2)16-22-17(23-24-16)19(3,4)5/h6-10,13H,11H2,1-5H3,(H,20,21). The molecule has 1 N–H and O–H groups in total. The molecule has 0 fully saturated rings. The molecule has 0 aliphatic heterocycles. The summed E-state index contributed by atoms with van der Waals surface area (Å²) in [4.78, 5) is 12.6. The molecule has 0 aliphatic rings. The Morgan fingerprint density at radius 1 is 1.16 bits per heavy atom. The topological polar surface area (TPSA) is 67.6 Å². The van der Waals surface area contributed by atoms with Crippen molar-refractivity contribution in [3.8, 4) is 0 Å². The first kappa shape index (κ1) is 17.7. The second-order valence-electron chi connectivity index (χ2n) is 7.24. The van der Waals surface area contributed by atoms with Crippen molar-refractivity contribution in [2.45, 2.75) is 56.9 Å². The first-order chi connectivity index (χ1) is 11.8. The van der Waals surface area contributed by atoms with Crippen LogP contribution >= 0.6 is 11.8 Å². The number of nitrogens with one attached hydrogen (secondary N) is 1. The van der Waals surface area contributed by atoms with E-state index in [1.165, 1.54) is 5.56 Å². The minimum absolute atomic E-state index is 0.0405. The number of hydrogen-bond acceptors (Lipinski definition) is 5. The van der Waals surface area contributed by atoms with Crippen LogP contribution in [0, 0.1) is 6.92 Å². The third-order valence-corrected chi connectivity index (χ3v) is 4.90. The molecule has 0 bridgehead atoms. The van der Waals surface area contributed by atoms with Crippen molar-refractivity contribution in [1.29, 1.82) is 0 Å². The molecule has 2 heterocycles. The summed E-state index contributed by atoms with van der Waals surface area (Å²) in [6.45, 7) is 10.3. The highest BCUT2D eigenvalue weighted by Gasteiger charge is 2.24. The summed E-state index contributed by atoms with van der Waals surface area (Å²) in [5.74, 6) is 1.36. The Morgan fingerprint density at radius 2 is 1.88 bits per heavy atom. The summed E-state index contributed by atoms with van der Waals surface area (Å²) < 4.78 is 5.43. The number of nitrogens with zero attached hydrogens (tertiary/aromatic N) is 3. The summed E-state index contributed by atoms with van der Waals surface area (Å²) in [6.07, 6.45) is 0.826. The molecular weight excluding hydrogens is 332 g/mol. The fourth-order valence-corrected chi connectivity index (χ4v) is 3.31. The zero-order chi connectivity index (χ0) is 18.0. The zero-order valence-corrected chi connectivity index (χ0v) is 16.1. The summed E-state index contributed by atoms with van der Waals surface area (Å²) >= 11 is 1.60. The van der Waals surface area contributed by atoms with E-state index in [0.717, 1.165) is 28.8 Å². The van der Waals surface area contributed by atoms with Crippen LogP contribution in [0.4, 0.5) is 0 Å². The maximum absolute atomic E-state index is 5.43. The van der Waals surface area contributed by atoms with Crippen LogP contribution in [0.15, 0.2) is 40.0 Å². The molecule has 0 spiro atoms. The molecule has 132 valence electrons. The van der Waals surface area contributed by atoms with Gasteiger partial charge < -0.3 is 9.51 Å². The molecule has 1 aromatic carbocycles. The highest BCUT2D eigenvalue weighted by Crippen LogP contribution is 2.33. The Labute approximate surface area is 152 Å². The zero-order valence-electron chi connectivity index (χ0n) is 15.3. The van der Waals surface area contributed by atoms with Gasteiger partial charge in [0, 0.05) is 17.5 Å². The van der Waals surface area contributed by atoms with Crippen LogP contribution in [-0.4, -0.2) is 20.1 Å². The van der Waals surface area contributed by atoms with Gasteiger partial charge in [0.1, 0.15) is 0 Å². The van der Waals surface area contributed by atoms with Gasteiger partial charge in [0.2, 0.25) is 5.89 Å². The molecule has 25 heavy (non-hydrogen) atoms. The van der Waals surface area contributed by atoms with E-state index in [4.69, 9.17) is 9.51 Å². The summed E-state index contributed by atoms with van der Waals surface area (Å²) in [5.41, 5.74) is 3.31. The lowest BCUT2D eigenvalue weighted by Crippen LogP contribution is -2.13. The largest absolute Gasteiger partial charge is 0.338 e. The van der Waals surface area contributed by atoms with Crippen molar-refractivity contribution < 1.29 is 4.52 Å². The predicted octanol–water partition coefficient (Wildman–Crippen LogP) is 4.84. The van der Waals surface area contributed by atoms with Crippen molar-refractivity contribution in [3.63, 3.8) is 0 Å². The third kappa shape index (κ3) is 4.31. The number of hydrogen-bond donors (Lipinski definition) is 1. The van der Waals surface area contributed by atoms with E-state index in [-0.39, 0.29) is 10.7 Å². The predicted molar refractivity (Wildman–Crippen MR) is 99.8 cm³/mol. The molecule has 0 saturated carbocycles. The monoisotopic (exact) mass is 356 g/mol. The Kier molecular flexibility index (Phi) is 4.99. The lowest BCUT2D eigenvalue weighted by molar-refractivity contribution is 0.364. The van der Waals surface area contributed by atoms with E-state index < -0.39 is 0 Å². The van der Waals surface area contributed by atoms with Crippen LogP contribution in [0.25, 0.3) is 0 Å². The van der Waals surface area contributed by atoms with E-state index in [1.54, 1.807) is 11.8 Å². The molecule has 2 aromatic heterocycles. The quantitative estimate of drug-likeness (QED) is 0.662. The smallest absolute Gasteiger partial charge is 0.239 e. The maximum atomic E-state index is 5.43. The molecule has 5 nitrogen and oxygen atoms in total. The lowest BCUT2D eigenvalue weighted by Gasteiger charge is -2.11. The summed E-state index contributed by atoms with van der Waals surface area (Å²) in [6, 6.07) is 10.4. The first-order valence-electron chi connectivity index (χ1n) is 8.43. The van der Waals surface area contributed by atoms with Gasteiger partial charge in [-0.3, -0.25) is 0 Å². The molecule has 3 rings (SSSR count). The molecule has 0 saturated heterocycles. The first-order valence-corrected chi connectivity index (χ1v) is 9.31. The number of imidazole rings is 1. The number of thioether (sulfide) groups is 1. The van der Waals surface area contributed by atoms with Gasteiger partial charge in [-0.05, 0) is 19.4 Å². The van der Waals surface area contributed by atoms with Gasteiger partial charge in [0.15, 0.2) is 11.0 Å². The third-order valence-electron chi connectivity index (χ3n) is 3.93. The average Bonchev–Trinajstić information content (AvgIpc) is 3.16. The molecule has 3 aromatic rings.